The van der Waals surface area contributed by atoms with E-state index in [1.807, 2.05) is 0 Å². The summed E-state index contributed by atoms with van der Waals surface area (Å²) in [7, 11) is -7.63. The van der Waals surface area contributed by atoms with Crippen LogP contribution in [0.15, 0.2) is 5.16 Å². The molecule has 0 radical (unpaired) electrons. The Hall–Kier alpha value is -0.870. The molecule has 0 bridgehead atoms. The van der Waals surface area contributed by atoms with Crippen LogP contribution >= 0.6 is 0 Å². The first-order valence-corrected chi connectivity index (χ1v) is 8.41. The van der Waals surface area contributed by atoms with Crippen LogP contribution in [0.4, 0.5) is 0 Å². The number of nitrogens with two attached hydrogens (primary N) is 1. The van der Waals surface area contributed by atoms with Crippen molar-refractivity contribution in [3.63, 3.8) is 0 Å². The zero-order valence-corrected chi connectivity index (χ0v) is 11.3. The van der Waals surface area contributed by atoms with E-state index in [1.54, 1.807) is 6.92 Å². The van der Waals surface area contributed by atoms with E-state index in [9.17, 15) is 16.8 Å². The number of sulfone groups is 1. The highest BCUT2D eigenvalue weighted by atomic mass is 32.3. The van der Waals surface area contributed by atoms with Crippen LogP contribution < -0.4 is 5.73 Å². The lowest BCUT2D eigenvalue weighted by atomic mass is 10.4. The summed E-state index contributed by atoms with van der Waals surface area (Å²) in [5.41, 5.74) is 5.21. The highest BCUT2D eigenvalue weighted by Gasteiger charge is 2.26. The summed E-state index contributed by atoms with van der Waals surface area (Å²) in [6.45, 7) is 1.51. The molecule has 0 aromatic rings. The molecule has 8 nitrogen and oxygen atoms in total. The van der Waals surface area contributed by atoms with Crippen LogP contribution in [0.25, 0.3) is 0 Å². The summed E-state index contributed by atoms with van der Waals surface area (Å²) in [4.78, 5) is 0. The van der Waals surface area contributed by atoms with Crippen LogP contribution in [0, 0.1) is 0 Å². The third-order valence-corrected chi connectivity index (χ3v) is 5.70. The fourth-order valence-electron chi connectivity index (χ4n) is 1.12. The van der Waals surface area contributed by atoms with E-state index in [1.165, 1.54) is 0 Å². The molecule has 0 atom stereocenters. The molecule has 0 spiro atoms. The van der Waals surface area contributed by atoms with E-state index in [0.29, 0.717) is 6.42 Å². The molecule has 0 saturated carbocycles. The molecule has 0 fully saturated rings. The predicted molar refractivity (Wildman–Crippen MR) is 63.9 cm³/mol. The SMILES string of the molecule is CCCN(CC(N)=NO)S(=O)(=O)CS(C)(=O)=O. The van der Waals surface area contributed by atoms with Gasteiger partial charge in [0.15, 0.2) is 20.8 Å². The van der Waals surface area contributed by atoms with Gasteiger partial charge in [0.1, 0.15) is 0 Å². The Bertz CT molecular complexity index is 468. The standard InChI is InChI=1S/C7H17N3O5S2/c1-3-4-10(5-7(8)9-11)17(14,15)6-16(2,12)13/h11H,3-6H2,1-2H3,(H2,8,9). The number of rotatable bonds is 7. The van der Waals surface area contributed by atoms with Gasteiger partial charge in [0.25, 0.3) is 0 Å². The van der Waals surface area contributed by atoms with E-state index in [-0.39, 0.29) is 18.9 Å². The molecule has 0 saturated heterocycles. The number of sulfonamides is 1. The number of hydrogen-bond donors (Lipinski definition) is 2. The van der Waals surface area contributed by atoms with Gasteiger partial charge in [-0.05, 0) is 6.42 Å². The van der Waals surface area contributed by atoms with Gasteiger partial charge >= 0.3 is 0 Å². The maximum atomic E-state index is 11.7. The minimum Gasteiger partial charge on any atom is -0.409 e. The summed E-state index contributed by atoms with van der Waals surface area (Å²) >= 11 is 0. The Kier molecular flexibility index (Phi) is 5.85. The molecule has 0 amide bonds. The predicted octanol–water partition coefficient (Wildman–Crippen LogP) is -1.22. The third-order valence-electron chi connectivity index (χ3n) is 1.70. The molecule has 3 N–H and O–H groups in total. The van der Waals surface area contributed by atoms with Crippen molar-refractivity contribution in [1.29, 1.82) is 0 Å². The van der Waals surface area contributed by atoms with Gasteiger partial charge in [0.05, 0.1) is 6.54 Å². The lowest BCUT2D eigenvalue weighted by Crippen LogP contribution is -2.41. The lowest BCUT2D eigenvalue weighted by Gasteiger charge is -2.20. The molecule has 0 unspecified atom stereocenters. The zero-order valence-electron chi connectivity index (χ0n) is 9.70. The maximum absolute atomic E-state index is 11.7. The van der Waals surface area contributed by atoms with Crippen LogP contribution in [0.5, 0.6) is 0 Å². The van der Waals surface area contributed by atoms with Gasteiger partial charge < -0.3 is 10.9 Å². The van der Waals surface area contributed by atoms with E-state index in [2.05, 4.69) is 5.16 Å². The van der Waals surface area contributed by atoms with E-state index >= 15 is 0 Å². The molecular formula is C7H17N3O5S2. The highest BCUT2D eigenvalue weighted by Crippen LogP contribution is 2.05. The second-order valence-electron chi connectivity index (χ2n) is 3.58. The Morgan fingerprint density at radius 2 is 1.88 bits per heavy atom. The average molecular weight is 287 g/mol. The first-order chi connectivity index (χ1) is 7.62. The minimum absolute atomic E-state index is 0.105. The fourth-order valence-corrected chi connectivity index (χ4v) is 4.67. The summed E-state index contributed by atoms with van der Waals surface area (Å²) in [5, 5.41) is 10.0. The van der Waals surface area contributed by atoms with E-state index in [0.717, 1.165) is 10.6 Å². The number of amidine groups is 1. The quantitative estimate of drug-likeness (QED) is 0.261. The summed E-state index contributed by atoms with van der Waals surface area (Å²) in [6.07, 6.45) is 1.32. The lowest BCUT2D eigenvalue weighted by molar-refractivity contribution is 0.314. The van der Waals surface area contributed by atoms with Gasteiger partial charge in [0, 0.05) is 12.8 Å². The van der Waals surface area contributed by atoms with Gasteiger partial charge in [0.2, 0.25) is 10.0 Å². The van der Waals surface area contributed by atoms with Gasteiger partial charge in [-0.1, -0.05) is 12.1 Å². The second kappa shape index (κ2) is 6.17. The minimum atomic E-state index is -3.97. The van der Waals surface area contributed by atoms with Gasteiger partial charge in [-0.25, -0.2) is 16.8 Å². The van der Waals surface area contributed by atoms with Crippen LogP contribution in [-0.4, -0.2) is 56.6 Å². The zero-order chi connectivity index (χ0) is 13.7. The van der Waals surface area contributed by atoms with Gasteiger partial charge in [-0.2, -0.15) is 4.31 Å². The van der Waals surface area contributed by atoms with Crippen LogP contribution in [0.3, 0.4) is 0 Å². The largest absolute Gasteiger partial charge is 0.409 e. The Morgan fingerprint density at radius 1 is 1.35 bits per heavy atom. The molecule has 0 aliphatic carbocycles. The number of hydrogen-bond acceptors (Lipinski definition) is 6. The van der Waals surface area contributed by atoms with Crippen molar-refractivity contribution in [2.45, 2.75) is 13.3 Å². The van der Waals surface area contributed by atoms with Crippen molar-refractivity contribution in [2.75, 3.05) is 24.4 Å². The fraction of sp³-hybridized carbons (Fsp3) is 0.857. The van der Waals surface area contributed by atoms with Crippen LogP contribution in [0.2, 0.25) is 0 Å². The van der Waals surface area contributed by atoms with Crippen molar-refractivity contribution in [2.24, 2.45) is 10.9 Å². The smallest absolute Gasteiger partial charge is 0.228 e. The normalized spacial score (nSPS) is 14.2. The molecule has 17 heavy (non-hydrogen) atoms. The molecule has 102 valence electrons. The monoisotopic (exact) mass is 287 g/mol. The summed E-state index contributed by atoms with van der Waals surface area (Å²) < 4.78 is 46.4. The third kappa shape index (κ3) is 6.44. The number of oxime groups is 1. The molecular weight excluding hydrogens is 270 g/mol. The molecule has 0 heterocycles. The summed E-state index contributed by atoms with van der Waals surface area (Å²) in [6, 6.07) is 0. The molecule has 0 aliphatic heterocycles. The second-order valence-corrected chi connectivity index (χ2v) is 8.05. The van der Waals surface area contributed by atoms with Gasteiger partial charge in [-0.3, -0.25) is 0 Å². The Balaban J connectivity index is 5.05. The molecule has 0 rings (SSSR count). The topological polar surface area (TPSA) is 130 Å². The first kappa shape index (κ1) is 16.1. The Morgan fingerprint density at radius 3 is 2.24 bits per heavy atom. The van der Waals surface area contributed by atoms with Gasteiger partial charge in [-0.15, -0.1) is 0 Å². The van der Waals surface area contributed by atoms with Crippen LogP contribution in [-0.2, 0) is 19.9 Å². The number of nitrogens with zero attached hydrogens (tertiary/aromatic N) is 2. The van der Waals surface area contributed by atoms with Crippen molar-refractivity contribution in [3.05, 3.63) is 0 Å². The van der Waals surface area contributed by atoms with Crippen molar-refractivity contribution in [1.82, 2.24) is 4.31 Å². The molecule has 0 aromatic heterocycles. The van der Waals surface area contributed by atoms with E-state index < -0.39 is 24.9 Å². The van der Waals surface area contributed by atoms with Crippen molar-refractivity contribution in [3.8, 4) is 0 Å². The average Bonchev–Trinajstić information content (AvgIpc) is 2.13. The highest BCUT2D eigenvalue weighted by molar-refractivity contribution is 8.06. The van der Waals surface area contributed by atoms with E-state index in [4.69, 9.17) is 10.9 Å². The molecule has 0 aliphatic rings. The van der Waals surface area contributed by atoms with Crippen LogP contribution in [0.1, 0.15) is 13.3 Å². The van der Waals surface area contributed by atoms with Crippen molar-refractivity contribution >= 4 is 25.7 Å². The molecule has 10 heteroatoms. The van der Waals surface area contributed by atoms with Crippen molar-refractivity contribution < 1.29 is 22.0 Å². The maximum Gasteiger partial charge on any atom is 0.228 e. The Labute approximate surface area is 101 Å². The first-order valence-electron chi connectivity index (χ1n) is 4.74. The summed E-state index contributed by atoms with van der Waals surface area (Å²) in [5.74, 6) is -0.296. The molecule has 0 aromatic carbocycles.